The lowest BCUT2D eigenvalue weighted by atomic mass is 10.0. The molecule has 3 aromatic rings. The minimum Gasteiger partial charge on any atom is -0.389 e. The maximum Gasteiger partial charge on any atom is 0.256 e. The number of aromatic nitrogens is 3. The van der Waals surface area contributed by atoms with Crippen molar-refractivity contribution in [2.45, 2.75) is 50.7 Å². The third-order valence-corrected chi connectivity index (χ3v) is 8.26. The zero-order valence-corrected chi connectivity index (χ0v) is 22.4. The zero-order valence-electron chi connectivity index (χ0n) is 21.5. The molecule has 0 spiro atoms. The maximum absolute atomic E-state index is 13.4. The highest BCUT2D eigenvalue weighted by atomic mass is 32.2. The molecule has 2 aromatic heterocycles. The normalized spacial score (nSPS) is 22.9. The SMILES string of the molecule is C[C@@H](C1CC1)N1Cc2cc(-c3ccn4nc(N)c(C(O)N[C@@H]5COC[C@H]5O)c4n3)cc(NS(C)(=O)=O)c2C1=O. The van der Waals surface area contributed by atoms with Gasteiger partial charge in [-0.1, -0.05) is 0 Å². The van der Waals surface area contributed by atoms with Crippen molar-refractivity contribution < 1.29 is 28.2 Å². The fraction of sp³-hybridized carbons (Fsp3) is 0.480. The quantitative estimate of drug-likeness (QED) is 0.244. The molecule has 4 atom stereocenters. The number of hydrogen-bond acceptors (Lipinski definition) is 10. The number of nitrogen functional groups attached to an aromatic ring is 1. The average molecular weight is 558 g/mol. The summed E-state index contributed by atoms with van der Waals surface area (Å²) in [6.07, 6.45) is 2.79. The molecule has 39 heavy (non-hydrogen) atoms. The molecule has 13 nitrogen and oxygen atoms in total. The lowest BCUT2D eigenvalue weighted by Crippen LogP contribution is -2.41. The summed E-state index contributed by atoms with van der Waals surface area (Å²) in [5, 5.41) is 28.1. The fourth-order valence-electron chi connectivity index (χ4n) is 5.44. The van der Waals surface area contributed by atoms with E-state index >= 15 is 0 Å². The predicted octanol–water partition coefficient (Wildman–Crippen LogP) is 0.445. The summed E-state index contributed by atoms with van der Waals surface area (Å²) in [4.78, 5) is 19.9. The molecule has 2 aliphatic heterocycles. The Morgan fingerprint density at radius 1 is 1.26 bits per heavy atom. The van der Waals surface area contributed by atoms with E-state index in [9.17, 15) is 23.4 Å². The fourth-order valence-corrected chi connectivity index (χ4v) is 6.00. The van der Waals surface area contributed by atoms with Crippen LogP contribution in [0.25, 0.3) is 16.9 Å². The molecule has 1 aliphatic carbocycles. The number of carbonyl (C=O) groups excluding carboxylic acids is 1. The Balaban J connectivity index is 1.40. The van der Waals surface area contributed by atoms with Gasteiger partial charge in [0.25, 0.3) is 5.91 Å². The van der Waals surface area contributed by atoms with Crippen LogP contribution < -0.4 is 15.8 Å². The zero-order chi connectivity index (χ0) is 27.6. The Morgan fingerprint density at radius 2 is 2.03 bits per heavy atom. The van der Waals surface area contributed by atoms with Crippen molar-refractivity contribution in [2.24, 2.45) is 5.92 Å². The Morgan fingerprint density at radius 3 is 2.69 bits per heavy atom. The lowest BCUT2D eigenvalue weighted by molar-refractivity contribution is 0.0698. The highest BCUT2D eigenvalue weighted by molar-refractivity contribution is 7.92. The Bertz CT molecular complexity index is 1570. The first-order chi connectivity index (χ1) is 18.5. The Labute approximate surface area is 225 Å². The second kappa shape index (κ2) is 9.41. The van der Waals surface area contributed by atoms with E-state index in [1.165, 1.54) is 4.52 Å². The summed E-state index contributed by atoms with van der Waals surface area (Å²) < 4.78 is 33.6. The molecule has 1 saturated carbocycles. The van der Waals surface area contributed by atoms with Crippen molar-refractivity contribution in [1.29, 1.82) is 0 Å². The van der Waals surface area contributed by atoms with Crippen LogP contribution in [0.2, 0.25) is 0 Å². The van der Waals surface area contributed by atoms with Gasteiger partial charge in [0.15, 0.2) is 11.5 Å². The van der Waals surface area contributed by atoms with Crippen LogP contribution in [0.1, 0.15) is 47.5 Å². The number of aliphatic hydroxyl groups excluding tert-OH is 2. The monoisotopic (exact) mass is 557 g/mol. The molecule has 14 heteroatoms. The van der Waals surface area contributed by atoms with Crippen LogP contribution in [0.3, 0.4) is 0 Å². The molecule has 4 heterocycles. The van der Waals surface area contributed by atoms with E-state index in [1.54, 1.807) is 23.2 Å². The topological polar surface area (TPSA) is 184 Å². The van der Waals surface area contributed by atoms with E-state index in [4.69, 9.17) is 15.5 Å². The number of amides is 1. The minimum atomic E-state index is -3.67. The number of benzene rings is 1. The van der Waals surface area contributed by atoms with Crippen molar-refractivity contribution in [3.8, 4) is 11.3 Å². The lowest BCUT2D eigenvalue weighted by Gasteiger charge is -2.24. The molecule has 3 aliphatic rings. The van der Waals surface area contributed by atoms with E-state index < -0.39 is 28.4 Å². The van der Waals surface area contributed by atoms with Crippen LogP contribution in [0, 0.1) is 5.92 Å². The van der Waals surface area contributed by atoms with Crippen molar-refractivity contribution >= 4 is 33.1 Å². The van der Waals surface area contributed by atoms with Crippen LogP contribution in [0.5, 0.6) is 0 Å². The summed E-state index contributed by atoms with van der Waals surface area (Å²) in [6.45, 7) is 2.80. The van der Waals surface area contributed by atoms with Gasteiger partial charge in [-0.25, -0.2) is 17.9 Å². The average Bonchev–Trinajstić information content (AvgIpc) is 3.44. The third-order valence-electron chi connectivity index (χ3n) is 7.67. The number of fused-ring (bicyclic) bond motifs is 2. The van der Waals surface area contributed by atoms with Crippen LogP contribution >= 0.6 is 0 Å². The Hall–Kier alpha value is -3.30. The van der Waals surface area contributed by atoms with Gasteiger partial charge in [0, 0.05) is 24.3 Å². The molecular formula is C25H31N7O6S. The van der Waals surface area contributed by atoms with Gasteiger partial charge in [-0.2, -0.15) is 0 Å². The minimum absolute atomic E-state index is 0.0593. The van der Waals surface area contributed by atoms with E-state index in [2.05, 4.69) is 15.1 Å². The van der Waals surface area contributed by atoms with Crippen LogP contribution in [-0.2, 0) is 21.3 Å². The summed E-state index contributed by atoms with van der Waals surface area (Å²) >= 11 is 0. The summed E-state index contributed by atoms with van der Waals surface area (Å²) in [6, 6.07) is 4.72. The highest BCUT2D eigenvalue weighted by Crippen LogP contribution is 2.41. The molecule has 6 N–H and O–H groups in total. The highest BCUT2D eigenvalue weighted by Gasteiger charge is 2.40. The predicted molar refractivity (Wildman–Crippen MR) is 142 cm³/mol. The third kappa shape index (κ3) is 4.82. The van der Waals surface area contributed by atoms with E-state index in [1.807, 2.05) is 13.0 Å². The van der Waals surface area contributed by atoms with Crippen LogP contribution in [0.15, 0.2) is 24.4 Å². The van der Waals surface area contributed by atoms with Gasteiger partial charge in [0.05, 0.1) is 54.1 Å². The maximum atomic E-state index is 13.4. The summed E-state index contributed by atoms with van der Waals surface area (Å²) in [5.41, 5.74) is 8.98. The first kappa shape index (κ1) is 26.0. The number of aliphatic hydroxyl groups is 2. The number of nitrogens with zero attached hydrogens (tertiary/aromatic N) is 4. The number of nitrogens with two attached hydrogens (primary N) is 1. The van der Waals surface area contributed by atoms with Crippen molar-refractivity contribution in [3.63, 3.8) is 0 Å². The standard InChI is InChI=1S/C25H31N7O6S/c1-12(13-3-4-13)31-9-15-7-14(8-17(20(15)25(31)35)30-39(2,36)37)16-5-6-32-23(27-16)21(22(26)29-32)24(34)28-18-10-38-11-19(18)33/h5-8,12-13,18-19,24,28,30,33-34H,3-4,9-11H2,1-2H3,(H2,26,29)/t12-,18+,19+,24?/m0/s1. The van der Waals surface area contributed by atoms with Gasteiger partial charge in [-0.05, 0) is 49.4 Å². The van der Waals surface area contributed by atoms with Crippen molar-refractivity contribution in [2.75, 3.05) is 29.9 Å². The number of anilines is 2. The first-order valence-corrected chi connectivity index (χ1v) is 14.7. The Kier molecular flexibility index (Phi) is 6.26. The van der Waals surface area contributed by atoms with E-state index in [-0.39, 0.29) is 47.9 Å². The second-order valence-corrected chi connectivity index (χ2v) is 12.4. The van der Waals surface area contributed by atoms with E-state index in [0.29, 0.717) is 34.8 Å². The molecule has 1 saturated heterocycles. The number of nitrogens with one attached hydrogen (secondary N) is 2. The summed E-state index contributed by atoms with van der Waals surface area (Å²) in [5.74, 6) is 0.334. The van der Waals surface area contributed by atoms with E-state index in [0.717, 1.165) is 19.1 Å². The van der Waals surface area contributed by atoms with Crippen LogP contribution in [0.4, 0.5) is 11.5 Å². The number of hydrogen-bond donors (Lipinski definition) is 5. The molecular weight excluding hydrogens is 526 g/mol. The van der Waals surface area contributed by atoms with Gasteiger partial charge in [0.1, 0.15) is 6.23 Å². The smallest absolute Gasteiger partial charge is 0.256 e. The molecule has 1 unspecified atom stereocenters. The molecule has 6 rings (SSSR count). The molecule has 1 aromatic carbocycles. The number of carbonyl (C=O) groups is 1. The molecule has 2 fully saturated rings. The summed E-state index contributed by atoms with van der Waals surface area (Å²) in [7, 11) is -3.67. The number of rotatable bonds is 8. The number of sulfonamides is 1. The van der Waals surface area contributed by atoms with Crippen LogP contribution in [-0.4, -0.2) is 81.7 Å². The van der Waals surface area contributed by atoms with Gasteiger partial charge < -0.3 is 25.6 Å². The van der Waals surface area contributed by atoms with Gasteiger partial charge in [-0.3, -0.25) is 14.8 Å². The van der Waals surface area contributed by atoms with Gasteiger partial charge in [-0.15, -0.1) is 5.10 Å². The van der Waals surface area contributed by atoms with Crippen molar-refractivity contribution in [1.82, 2.24) is 24.8 Å². The molecule has 0 bridgehead atoms. The number of ether oxygens (including phenoxy) is 1. The first-order valence-electron chi connectivity index (χ1n) is 12.8. The van der Waals surface area contributed by atoms with Gasteiger partial charge >= 0.3 is 0 Å². The van der Waals surface area contributed by atoms with Gasteiger partial charge in [0.2, 0.25) is 10.0 Å². The largest absolute Gasteiger partial charge is 0.389 e. The molecule has 0 radical (unpaired) electrons. The molecule has 1 amide bonds. The second-order valence-electron chi connectivity index (χ2n) is 10.6. The van der Waals surface area contributed by atoms with Crippen molar-refractivity contribution in [3.05, 3.63) is 41.1 Å². The molecule has 208 valence electrons.